The van der Waals surface area contributed by atoms with E-state index >= 15 is 0 Å². The van der Waals surface area contributed by atoms with Crippen molar-refractivity contribution in [3.63, 3.8) is 0 Å². The van der Waals surface area contributed by atoms with E-state index in [1.54, 1.807) is 0 Å². The van der Waals surface area contributed by atoms with E-state index in [1.165, 1.54) is 339 Å². The quantitative estimate of drug-likeness (QED) is 0.0326. The Morgan fingerprint density at radius 1 is 0.155 bits per heavy atom. The number of hydrogen-bond acceptors (Lipinski definition) is 0. The van der Waals surface area contributed by atoms with Crippen molar-refractivity contribution >= 4 is 8.41 Å². The first kappa shape index (κ1) is 60.1. The van der Waals surface area contributed by atoms with Crippen molar-refractivity contribution in [3.05, 3.63) is 0 Å². The first-order valence-corrected chi connectivity index (χ1v) is 28.1. The van der Waals surface area contributed by atoms with Crippen molar-refractivity contribution in [1.29, 1.82) is 0 Å². The van der Waals surface area contributed by atoms with E-state index in [-0.39, 0.29) is 8.41 Å². The molecular formula is C56H119BN+. The van der Waals surface area contributed by atoms with Gasteiger partial charge in [0.15, 0.2) is 0 Å². The van der Waals surface area contributed by atoms with Gasteiger partial charge < -0.3 is 4.48 Å². The van der Waals surface area contributed by atoms with Gasteiger partial charge in [-0.2, -0.15) is 0 Å². The van der Waals surface area contributed by atoms with Gasteiger partial charge >= 0.3 is 0 Å². The maximum atomic E-state index is 2.33. The fourth-order valence-corrected chi connectivity index (χ4v) is 9.82. The van der Waals surface area contributed by atoms with E-state index < -0.39 is 0 Å². The number of hydrogen-bond donors (Lipinski definition) is 0. The summed E-state index contributed by atoms with van der Waals surface area (Å²) >= 11 is 0. The number of quaternary nitrogens is 1. The van der Waals surface area contributed by atoms with Gasteiger partial charge in [0.25, 0.3) is 0 Å². The van der Waals surface area contributed by atoms with Gasteiger partial charge in [-0.1, -0.05) is 285 Å². The molecule has 0 rings (SSSR count). The second-order valence-electron chi connectivity index (χ2n) is 19.8. The first-order valence-electron chi connectivity index (χ1n) is 28.1. The predicted molar refractivity (Wildman–Crippen MR) is 274 cm³/mol. The molecule has 0 bridgehead atoms. The highest BCUT2D eigenvalue weighted by atomic mass is 15.3. The van der Waals surface area contributed by atoms with E-state index in [9.17, 15) is 0 Å². The lowest BCUT2D eigenvalue weighted by molar-refractivity contribution is -0.929. The zero-order valence-corrected chi connectivity index (χ0v) is 41.2. The lowest BCUT2D eigenvalue weighted by Crippen LogP contribution is -2.50. The lowest BCUT2D eigenvalue weighted by atomic mass is 10.0. The van der Waals surface area contributed by atoms with Crippen LogP contribution in [0.25, 0.3) is 0 Å². The molecule has 58 heavy (non-hydrogen) atoms. The van der Waals surface area contributed by atoms with Crippen molar-refractivity contribution in [2.45, 2.75) is 336 Å². The molecule has 0 aromatic rings. The van der Waals surface area contributed by atoms with Gasteiger partial charge in [0, 0.05) is 0 Å². The Morgan fingerprint density at radius 3 is 0.379 bits per heavy atom. The number of nitrogens with zero attached hydrogens (tertiary/aromatic N) is 1. The average Bonchev–Trinajstić information content (AvgIpc) is 3.22. The third kappa shape index (κ3) is 47.1. The van der Waals surface area contributed by atoms with Gasteiger partial charge in [0.1, 0.15) is 0 Å². The van der Waals surface area contributed by atoms with Gasteiger partial charge in [-0.05, 0) is 51.4 Å². The summed E-state index contributed by atoms with van der Waals surface area (Å²) in [6.45, 7) is 15.3. The SMILES string of the molecule is B.CCCCCCCCCCCCCC[N+](CCCCCCCCCCCCCC)(CCCCCCCCCCCCCC)CCCCCCCCCCCCCC. The zero-order chi connectivity index (χ0) is 41.3. The molecule has 0 unspecified atom stereocenters. The summed E-state index contributed by atoms with van der Waals surface area (Å²) in [5.41, 5.74) is 0. The molecule has 0 amide bonds. The van der Waals surface area contributed by atoms with Crippen LogP contribution in [0.5, 0.6) is 0 Å². The third-order valence-corrected chi connectivity index (χ3v) is 13.9. The topological polar surface area (TPSA) is 0 Å². The maximum Gasteiger partial charge on any atom is 0.0814 e. The summed E-state index contributed by atoms with van der Waals surface area (Å²) in [7, 11) is 0. The van der Waals surface area contributed by atoms with Crippen molar-refractivity contribution in [2.75, 3.05) is 26.2 Å². The molecule has 0 aromatic carbocycles. The average molecular weight is 817 g/mol. The highest BCUT2D eigenvalue weighted by molar-refractivity contribution is 5.75. The molecule has 0 N–H and O–H groups in total. The fourth-order valence-electron chi connectivity index (χ4n) is 9.82. The highest BCUT2D eigenvalue weighted by Gasteiger charge is 2.25. The Labute approximate surface area is 373 Å². The molecule has 0 spiro atoms. The minimum Gasteiger partial charge on any atom is -0.324 e. The predicted octanol–water partition coefficient (Wildman–Crippen LogP) is 19.4. The molecule has 0 aliphatic carbocycles. The molecule has 0 saturated heterocycles. The summed E-state index contributed by atoms with van der Waals surface area (Å²) in [5, 5.41) is 0. The Balaban J connectivity index is 0. The summed E-state index contributed by atoms with van der Waals surface area (Å²) in [6, 6.07) is 0. The Kier molecular flexibility index (Phi) is 55.1. The summed E-state index contributed by atoms with van der Waals surface area (Å²) < 4.78 is 1.49. The molecule has 0 aliphatic heterocycles. The van der Waals surface area contributed by atoms with E-state index in [0.717, 1.165) is 0 Å². The van der Waals surface area contributed by atoms with Crippen LogP contribution in [0.3, 0.4) is 0 Å². The molecule has 0 fully saturated rings. The van der Waals surface area contributed by atoms with Crippen molar-refractivity contribution < 1.29 is 4.48 Å². The number of unbranched alkanes of at least 4 members (excludes halogenated alkanes) is 44. The molecule has 0 radical (unpaired) electrons. The summed E-state index contributed by atoms with van der Waals surface area (Å²) in [5.74, 6) is 0. The van der Waals surface area contributed by atoms with Crippen LogP contribution in [0.4, 0.5) is 0 Å². The Hall–Kier alpha value is 0.0249. The molecule has 0 aromatic heterocycles. The van der Waals surface area contributed by atoms with Crippen LogP contribution in [0, 0.1) is 0 Å². The fraction of sp³-hybridized carbons (Fsp3) is 1.00. The van der Waals surface area contributed by atoms with Gasteiger partial charge in [0.2, 0.25) is 0 Å². The summed E-state index contributed by atoms with van der Waals surface area (Å²) in [4.78, 5) is 0. The number of rotatable bonds is 52. The molecule has 0 atom stereocenters. The minimum absolute atomic E-state index is 0. The van der Waals surface area contributed by atoms with E-state index in [2.05, 4.69) is 27.7 Å². The standard InChI is InChI=1S/C56H116N.BH3/c1-5-9-13-17-21-25-29-33-37-41-45-49-53-57(54-50-46-42-38-34-30-26-22-18-14-10-6-2,55-51-47-43-39-35-31-27-23-19-15-11-7-3)56-52-48-44-40-36-32-28-24-20-16-12-8-4;/h5-56H2,1-4H3;1H3/q+1;. The second-order valence-corrected chi connectivity index (χ2v) is 19.8. The Bertz CT molecular complexity index is 575. The Morgan fingerprint density at radius 2 is 0.259 bits per heavy atom. The molecule has 1 nitrogen and oxygen atoms in total. The van der Waals surface area contributed by atoms with Crippen molar-refractivity contribution in [3.8, 4) is 0 Å². The zero-order valence-electron chi connectivity index (χ0n) is 41.2. The van der Waals surface area contributed by atoms with E-state index in [1.807, 2.05) is 0 Å². The van der Waals surface area contributed by atoms with Crippen LogP contribution < -0.4 is 0 Å². The van der Waals surface area contributed by atoms with Crippen LogP contribution in [0.2, 0.25) is 0 Å². The highest BCUT2D eigenvalue weighted by Crippen LogP contribution is 2.22. The monoisotopic (exact) mass is 817 g/mol. The van der Waals surface area contributed by atoms with Gasteiger partial charge in [-0.15, -0.1) is 0 Å². The lowest BCUT2D eigenvalue weighted by Gasteiger charge is -2.40. The normalized spacial score (nSPS) is 11.8. The van der Waals surface area contributed by atoms with Crippen LogP contribution in [0.15, 0.2) is 0 Å². The molecule has 0 saturated carbocycles. The maximum absolute atomic E-state index is 2.33. The molecule has 0 aliphatic rings. The largest absolute Gasteiger partial charge is 0.324 e. The first-order chi connectivity index (χ1) is 28.2. The molecular weight excluding hydrogens is 697 g/mol. The van der Waals surface area contributed by atoms with Crippen molar-refractivity contribution in [2.24, 2.45) is 0 Å². The van der Waals surface area contributed by atoms with Crippen LogP contribution in [-0.2, 0) is 0 Å². The minimum atomic E-state index is 0. The smallest absolute Gasteiger partial charge is 0.0814 e. The van der Waals surface area contributed by atoms with Crippen LogP contribution >= 0.6 is 0 Å². The molecule has 350 valence electrons. The molecule has 0 heterocycles. The third-order valence-electron chi connectivity index (χ3n) is 13.9. The van der Waals surface area contributed by atoms with Crippen LogP contribution in [-0.4, -0.2) is 39.1 Å². The van der Waals surface area contributed by atoms with Gasteiger partial charge in [0.05, 0.1) is 34.6 Å². The van der Waals surface area contributed by atoms with E-state index in [4.69, 9.17) is 0 Å². The van der Waals surface area contributed by atoms with Crippen LogP contribution in [0.1, 0.15) is 336 Å². The molecule has 2 heteroatoms. The summed E-state index contributed by atoms with van der Waals surface area (Å²) in [6.07, 6.45) is 70.7. The van der Waals surface area contributed by atoms with Gasteiger partial charge in [-0.25, -0.2) is 0 Å². The van der Waals surface area contributed by atoms with E-state index in [0.29, 0.717) is 0 Å². The van der Waals surface area contributed by atoms with Crippen molar-refractivity contribution in [1.82, 2.24) is 0 Å². The second kappa shape index (κ2) is 53.2. The van der Waals surface area contributed by atoms with Gasteiger partial charge in [-0.3, -0.25) is 0 Å².